The Labute approximate surface area is 120 Å². The van der Waals surface area contributed by atoms with Crippen LogP contribution in [0.3, 0.4) is 0 Å². The number of benzene rings is 1. The number of rotatable bonds is 3. The van der Waals surface area contributed by atoms with Crippen LogP contribution in [0.2, 0.25) is 0 Å². The smallest absolute Gasteiger partial charge is 0.164 e. The molecule has 0 amide bonds. The van der Waals surface area contributed by atoms with Crippen molar-refractivity contribution in [2.45, 2.75) is 33.2 Å². The van der Waals surface area contributed by atoms with Gasteiger partial charge in [0.2, 0.25) is 0 Å². The van der Waals surface area contributed by atoms with Crippen LogP contribution < -0.4 is 5.32 Å². The molecule has 0 bridgehead atoms. The molecule has 20 heavy (non-hydrogen) atoms. The summed E-state index contributed by atoms with van der Waals surface area (Å²) in [6, 6.07) is 3.65. The first-order valence-electron chi connectivity index (χ1n) is 6.83. The third-order valence-electron chi connectivity index (χ3n) is 3.87. The van der Waals surface area contributed by atoms with Gasteiger partial charge >= 0.3 is 0 Å². The second kappa shape index (κ2) is 5.66. The number of carbonyl (C=O) groups is 1. The van der Waals surface area contributed by atoms with Crippen LogP contribution >= 0.6 is 0 Å². The van der Waals surface area contributed by atoms with Crippen LogP contribution in [0.4, 0.5) is 0 Å². The van der Waals surface area contributed by atoms with Gasteiger partial charge in [0.25, 0.3) is 0 Å². The Balaban J connectivity index is 2.14. The van der Waals surface area contributed by atoms with Crippen molar-refractivity contribution in [2.24, 2.45) is 0 Å². The first-order chi connectivity index (χ1) is 9.28. The van der Waals surface area contributed by atoms with Crippen molar-refractivity contribution in [3.8, 4) is 0 Å². The van der Waals surface area contributed by atoms with Gasteiger partial charge in [-0.1, -0.05) is 6.07 Å². The van der Waals surface area contributed by atoms with Gasteiger partial charge in [0.1, 0.15) is 0 Å². The minimum absolute atomic E-state index is 0.0141. The van der Waals surface area contributed by atoms with Gasteiger partial charge in [0.05, 0.1) is 11.5 Å². The van der Waals surface area contributed by atoms with Gasteiger partial charge in [-0.3, -0.25) is 4.79 Å². The molecule has 2 rings (SSSR count). The topological polar surface area (TPSA) is 63.2 Å². The molecule has 5 heteroatoms. The van der Waals surface area contributed by atoms with Crippen LogP contribution in [0, 0.1) is 20.8 Å². The van der Waals surface area contributed by atoms with E-state index in [0.717, 1.165) is 16.7 Å². The van der Waals surface area contributed by atoms with Gasteiger partial charge in [-0.05, 0) is 43.5 Å². The van der Waals surface area contributed by atoms with Gasteiger partial charge in [-0.15, -0.1) is 0 Å². The Hall–Kier alpha value is -1.20. The molecular weight excluding hydrogens is 274 g/mol. The van der Waals surface area contributed by atoms with Crippen molar-refractivity contribution in [3.63, 3.8) is 0 Å². The summed E-state index contributed by atoms with van der Waals surface area (Å²) < 4.78 is 23.2. The predicted octanol–water partition coefficient (Wildman–Crippen LogP) is 1.57. The number of nitrogens with one attached hydrogen (secondary N) is 1. The average Bonchev–Trinajstić information content (AvgIpc) is 2.32. The summed E-state index contributed by atoms with van der Waals surface area (Å²) in [5.41, 5.74) is 3.91. The van der Waals surface area contributed by atoms with E-state index >= 15 is 0 Å². The third-order valence-corrected chi connectivity index (χ3v) is 5.61. The fourth-order valence-electron chi connectivity index (χ4n) is 2.59. The third kappa shape index (κ3) is 3.46. The number of hydrogen-bond donors (Lipinski definition) is 1. The normalized spacial score (nSPS) is 21.6. The highest BCUT2D eigenvalue weighted by molar-refractivity contribution is 7.91. The number of Topliss-reactive ketones (excluding diaryl/α,β-unsaturated/α-hetero) is 1. The first kappa shape index (κ1) is 15.2. The number of carbonyl (C=O) groups excluding carboxylic acids is 1. The second-order valence-corrected chi connectivity index (χ2v) is 7.87. The maximum Gasteiger partial charge on any atom is 0.164 e. The highest BCUT2D eigenvalue weighted by atomic mass is 32.2. The number of hydrogen-bond acceptors (Lipinski definition) is 4. The molecule has 1 N–H and O–H groups in total. The zero-order valence-corrected chi connectivity index (χ0v) is 13.0. The Morgan fingerprint density at radius 3 is 2.50 bits per heavy atom. The van der Waals surface area contributed by atoms with E-state index in [1.165, 1.54) is 0 Å². The van der Waals surface area contributed by atoms with Crippen molar-refractivity contribution in [1.29, 1.82) is 0 Å². The summed E-state index contributed by atoms with van der Waals surface area (Å²) >= 11 is 0. The maximum absolute atomic E-state index is 12.4. The summed E-state index contributed by atoms with van der Waals surface area (Å²) in [6.45, 7) is 6.36. The molecular formula is C15H21NO3S. The van der Waals surface area contributed by atoms with Crippen LogP contribution in [-0.2, 0) is 9.84 Å². The lowest BCUT2D eigenvalue weighted by Gasteiger charge is -2.23. The van der Waals surface area contributed by atoms with E-state index in [-0.39, 0.29) is 29.8 Å². The number of ketones is 1. The molecule has 1 unspecified atom stereocenters. The molecule has 1 saturated heterocycles. The number of sulfone groups is 1. The van der Waals surface area contributed by atoms with E-state index in [9.17, 15) is 13.2 Å². The molecule has 1 aromatic rings. The first-order valence-corrected chi connectivity index (χ1v) is 8.65. The number of aryl methyl sites for hydroxylation is 3. The standard InChI is InChI=1S/C15H21NO3S/c1-10-6-12(3)14(7-11(10)2)15(17)8-13-9-20(18,19)5-4-16-13/h6-7,13,16H,4-5,8-9H2,1-3H3. The Morgan fingerprint density at radius 2 is 1.85 bits per heavy atom. The molecule has 0 spiro atoms. The van der Waals surface area contributed by atoms with Crippen molar-refractivity contribution in [3.05, 3.63) is 34.4 Å². The molecule has 4 nitrogen and oxygen atoms in total. The predicted molar refractivity (Wildman–Crippen MR) is 80.0 cm³/mol. The van der Waals surface area contributed by atoms with Crippen LogP contribution in [0.15, 0.2) is 12.1 Å². The van der Waals surface area contributed by atoms with Gasteiger partial charge < -0.3 is 5.32 Å². The second-order valence-electron chi connectivity index (χ2n) is 5.64. The Bertz CT molecular complexity index is 635. The van der Waals surface area contributed by atoms with E-state index in [1.807, 2.05) is 32.9 Å². The monoisotopic (exact) mass is 295 g/mol. The fourth-order valence-corrected chi connectivity index (χ4v) is 4.04. The lowest BCUT2D eigenvalue weighted by atomic mass is 9.95. The molecule has 1 heterocycles. The van der Waals surface area contributed by atoms with E-state index in [2.05, 4.69) is 5.32 Å². The minimum atomic E-state index is -3.00. The van der Waals surface area contributed by atoms with E-state index in [0.29, 0.717) is 12.1 Å². The van der Waals surface area contributed by atoms with Gasteiger partial charge in [-0.2, -0.15) is 0 Å². The molecule has 0 aromatic heterocycles. The van der Waals surface area contributed by atoms with E-state index < -0.39 is 9.84 Å². The fraction of sp³-hybridized carbons (Fsp3) is 0.533. The lowest BCUT2D eigenvalue weighted by Crippen LogP contribution is -2.46. The summed E-state index contributed by atoms with van der Waals surface area (Å²) in [5.74, 6) is 0.239. The van der Waals surface area contributed by atoms with Gasteiger partial charge in [-0.25, -0.2) is 8.42 Å². The Kier molecular flexibility index (Phi) is 4.30. The zero-order chi connectivity index (χ0) is 14.9. The molecule has 0 saturated carbocycles. The summed E-state index contributed by atoms with van der Waals surface area (Å²) in [4.78, 5) is 12.4. The van der Waals surface area contributed by atoms with Crippen molar-refractivity contribution < 1.29 is 13.2 Å². The van der Waals surface area contributed by atoms with Crippen LogP contribution in [0.5, 0.6) is 0 Å². The van der Waals surface area contributed by atoms with Crippen LogP contribution in [-0.4, -0.2) is 38.3 Å². The Morgan fingerprint density at radius 1 is 1.20 bits per heavy atom. The molecule has 0 aliphatic carbocycles. The molecule has 0 radical (unpaired) electrons. The van der Waals surface area contributed by atoms with Crippen LogP contribution in [0.25, 0.3) is 0 Å². The molecule has 1 aliphatic heterocycles. The minimum Gasteiger partial charge on any atom is -0.312 e. The quantitative estimate of drug-likeness (QED) is 0.860. The highest BCUT2D eigenvalue weighted by Gasteiger charge is 2.26. The van der Waals surface area contributed by atoms with E-state index in [1.54, 1.807) is 0 Å². The van der Waals surface area contributed by atoms with Crippen LogP contribution in [0.1, 0.15) is 33.5 Å². The largest absolute Gasteiger partial charge is 0.312 e. The van der Waals surface area contributed by atoms with Gasteiger partial charge in [0.15, 0.2) is 15.6 Å². The van der Waals surface area contributed by atoms with Crippen molar-refractivity contribution in [1.82, 2.24) is 5.32 Å². The van der Waals surface area contributed by atoms with Gasteiger partial charge in [0, 0.05) is 24.6 Å². The lowest BCUT2D eigenvalue weighted by molar-refractivity contribution is 0.0971. The van der Waals surface area contributed by atoms with Crippen molar-refractivity contribution >= 4 is 15.6 Å². The van der Waals surface area contributed by atoms with E-state index in [4.69, 9.17) is 0 Å². The molecule has 1 atom stereocenters. The molecule has 1 aromatic carbocycles. The molecule has 110 valence electrons. The van der Waals surface area contributed by atoms with Crippen molar-refractivity contribution in [2.75, 3.05) is 18.1 Å². The average molecular weight is 295 g/mol. The molecule has 1 aliphatic rings. The SMILES string of the molecule is Cc1cc(C)c(C(=O)CC2CS(=O)(=O)CCN2)cc1C. The maximum atomic E-state index is 12.4. The molecule has 1 fully saturated rings. The zero-order valence-electron chi connectivity index (χ0n) is 12.2. The summed E-state index contributed by atoms with van der Waals surface area (Å²) in [6.07, 6.45) is 0.239. The highest BCUT2D eigenvalue weighted by Crippen LogP contribution is 2.18. The summed E-state index contributed by atoms with van der Waals surface area (Å²) in [5, 5.41) is 3.12. The summed E-state index contributed by atoms with van der Waals surface area (Å²) in [7, 11) is -3.00.